The molecule has 2 saturated heterocycles. The number of amides is 1. The van der Waals surface area contributed by atoms with Crippen molar-refractivity contribution >= 4 is 29.3 Å². The predicted octanol–water partition coefficient (Wildman–Crippen LogP) is 5.64. The van der Waals surface area contributed by atoms with Gasteiger partial charge in [0.15, 0.2) is 0 Å². The molecule has 4 atom stereocenters. The number of ether oxygens (including phenoxy) is 2. The minimum absolute atomic E-state index is 0.0219. The Morgan fingerprint density at radius 1 is 0.909 bits per heavy atom. The minimum atomic E-state index is -1.39. The number of aliphatic hydroxyl groups excluding tert-OH is 1. The van der Waals surface area contributed by atoms with Gasteiger partial charge in [0.05, 0.1) is 13.2 Å². The van der Waals surface area contributed by atoms with Crippen molar-refractivity contribution in [3.8, 4) is 0 Å². The number of carbonyl (C=O) groups is 1. The average Bonchev–Trinajstić information content (AvgIpc) is 2.99. The summed E-state index contributed by atoms with van der Waals surface area (Å²) in [7, 11) is 0. The molecule has 10 heteroatoms. The zero-order chi connectivity index (χ0) is 32.0. The largest absolute Gasteiger partial charge is 0.444 e. The molecule has 0 saturated carbocycles. The summed E-state index contributed by atoms with van der Waals surface area (Å²) in [6, 6.07) is 24.1. The van der Waals surface area contributed by atoms with Crippen LogP contribution in [-0.4, -0.2) is 70.3 Å². The number of piperidine rings is 2. The van der Waals surface area contributed by atoms with Gasteiger partial charge in [0.25, 0.3) is 0 Å². The van der Waals surface area contributed by atoms with E-state index in [1.807, 2.05) is 54.6 Å². The van der Waals surface area contributed by atoms with E-state index >= 15 is 0 Å². The molecule has 44 heavy (non-hydrogen) atoms. The molecule has 5 rings (SSSR count). The molecule has 2 aliphatic rings. The summed E-state index contributed by atoms with van der Waals surface area (Å²) in [6.45, 7) is 7.58. The second kappa shape index (κ2) is 14.6. The Balaban J connectivity index is 0.000000201. The molecule has 3 aromatic rings. The smallest absolute Gasteiger partial charge is 0.410 e. The fraction of sp³-hybridized carbons (Fsp3) is 0.441. The zero-order valence-electron chi connectivity index (χ0n) is 25.4. The van der Waals surface area contributed by atoms with Crippen molar-refractivity contribution in [2.45, 2.75) is 69.2 Å². The first-order chi connectivity index (χ1) is 20.8. The number of β-amino-alcohol motifs (C(OH)–C–C–N with tert-alkyl or cyclic N) is 1. The van der Waals surface area contributed by atoms with Crippen LogP contribution in [0.25, 0.3) is 0 Å². The van der Waals surface area contributed by atoms with Gasteiger partial charge in [0.2, 0.25) is 0 Å². The van der Waals surface area contributed by atoms with Crippen LogP contribution in [0, 0.1) is 0 Å². The van der Waals surface area contributed by atoms with E-state index in [1.165, 1.54) is 4.90 Å². The van der Waals surface area contributed by atoms with E-state index in [0.717, 1.165) is 17.7 Å². The lowest BCUT2D eigenvalue weighted by Gasteiger charge is -2.42. The number of rotatable bonds is 5. The maximum absolute atomic E-state index is 12.0. The van der Waals surface area contributed by atoms with Crippen molar-refractivity contribution in [2.75, 3.05) is 26.2 Å². The van der Waals surface area contributed by atoms with Crippen molar-refractivity contribution in [1.82, 2.24) is 10.2 Å². The maximum Gasteiger partial charge on any atom is 0.410 e. The topological polar surface area (TPSA) is 111 Å². The summed E-state index contributed by atoms with van der Waals surface area (Å²) >= 11 is 11.8. The molecule has 1 amide bonds. The normalized spacial score (nSPS) is 25.5. The lowest BCUT2D eigenvalue weighted by molar-refractivity contribution is -0.134. The number of likely N-dealkylation sites (tertiary alicyclic amines) is 1. The number of nitrogens with zero attached hydrogens (tertiary/aromatic N) is 1. The van der Waals surface area contributed by atoms with Gasteiger partial charge < -0.3 is 35.0 Å². The van der Waals surface area contributed by atoms with E-state index in [-0.39, 0.29) is 19.1 Å². The fourth-order valence-corrected chi connectivity index (χ4v) is 5.62. The Labute approximate surface area is 269 Å². The number of benzene rings is 3. The van der Waals surface area contributed by atoms with Crippen molar-refractivity contribution < 1.29 is 29.6 Å². The molecule has 4 N–H and O–H groups in total. The molecule has 0 aliphatic carbocycles. The minimum Gasteiger partial charge on any atom is -0.444 e. The standard InChI is InChI=1S/C18H20ClNO2.C16H22ClNO4/c19-16-8-6-15(7-9-16)18(21)10-11-20-12-17(18)22-13-14-4-2-1-3-5-14;1-15(2,3)22-14(20)18-9-8-16(21,13(19)10-18)11-4-6-12(17)7-5-11/h1-9,17,20-21H,10-13H2;4-7,13,19,21H,8-10H2,1-3H3/t17-,18-;13-,16-/m11/s1. The molecule has 2 aliphatic heterocycles. The van der Waals surface area contributed by atoms with Crippen LogP contribution in [0.5, 0.6) is 0 Å². The quantitative estimate of drug-likeness (QED) is 0.285. The molecule has 0 radical (unpaired) electrons. The molecule has 0 bridgehead atoms. The summed E-state index contributed by atoms with van der Waals surface area (Å²) in [5, 5.41) is 36.8. The fourth-order valence-electron chi connectivity index (χ4n) is 5.37. The maximum atomic E-state index is 12.0. The molecular formula is C34H42Cl2N2O6. The van der Waals surface area contributed by atoms with E-state index < -0.39 is 29.0 Å². The first kappa shape index (κ1) is 34.2. The Morgan fingerprint density at radius 2 is 1.48 bits per heavy atom. The van der Waals surface area contributed by atoms with Gasteiger partial charge in [-0.3, -0.25) is 0 Å². The van der Waals surface area contributed by atoms with Crippen LogP contribution in [-0.2, 0) is 27.3 Å². The molecule has 3 aromatic carbocycles. The SMILES string of the molecule is CC(C)(C)OC(=O)N1CC[C@@](O)(c2ccc(Cl)cc2)[C@H](O)C1.O[C@@]1(c2ccc(Cl)cc2)CCNC[C@H]1OCc1ccccc1. The van der Waals surface area contributed by atoms with Crippen LogP contribution < -0.4 is 5.32 Å². The van der Waals surface area contributed by atoms with Gasteiger partial charge in [0, 0.05) is 29.6 Å². The van der Waals surface area contributed by atoms with Crippen LogP contribution in [0.4, 0.5) is 4.79 Å². The summed E-state index contributed by atoms with van der Waals surface area (Å²) in [6.07, 6.45) is -1.01. The van der Waals surface area contributed by atoms with Gasteiger partial charge in [-0.15, -0.1) is 0 Å². The van der Waals surface area contributed by atoms with Crippen LogP contribution in [0.2, 0.25) is 10.0 Å². The molecular weight excluding hydrogens is 603 g/mol. The second-order valence-corrected chi connectivity index (χ2v) is 13.2. The molecule has 2 fully saturated rings. The Hall–Kier alpha value is -2.69. The summed E-state index contributed by atoms with van der Waals surface area (Å²) in [4.78, 5) is 13.5. The number of halogens is 2. The second-order valence-electron chi connectivity index (χ2n) is 12.3. The van der Waals surface area contributed by atoms with Gasteiger partial charge in [-0.1, -0.05) is 77.8 Å². The Kier molecular flexibility index (Phi) is 11.3. The lowest BCUT2D eigenvalue weighted by Crippen LogP contribution is -2.55. The molecule has 0 unspecified atom stereocenters. The first-order valence-electron chi connectivity index (χ1n) is 14.8. The number of carbonyl (C=O) groups excluding carboxylic acids is 1. The van der Waals surface area contributed by atoms with Crippen LogP contribution >= 0.6 is 23.2 Å². The van der Waals surface area contributed by atoms with E-state index in [1.54, 1.807) is 45.0 Å². The average molecular weight is 646 g/mol. The molecule has 238 valence electrons. The lowest BCUT2D eigenvalue weighted by atomic mass is 9.82. The predicted molar refractivity (Wildman–Crippen MR) is 172 cm³/mol. The summed E-state index contributed by atoms with van der Waals surface area (Å²) in [5.74, 6) is 0. The van der Waals surface area contributed by atoms with E-state index in [2.05, 4.69) is 5.32 Å². The van der Waals surface area contributed by atoms with E-state index in [4.69, 9.17) is 32.7 Å². The van der Waals surface area contributed by atoms with Gasteiger partial charge in [-0.2, -0.15) is 0 Å². The van der Waals surface area contributed by atoms with Gasteiger partial charge in [-0.25, -0.2) is 4.79 Å². The third kappa shape index (κ3) is 8.73. The van der Waals surface area contributed by atoms with Crippen LogP contribution in [0.15, 0.2) is 78.9 Å². The molecule has 8 nitrogen and oxygen atoms in total. The van der Waals surface area contributed by atoms with E-state index in [0.29, 0.717) is 41.7 Å². The zero-order valence-corrected chi connectivity index (χ0v) is 26.9. The number of aliphatic hydroxyl groups is 3. The highest BCUT2D eigenvalue weighted by Crippen LogP contribution is 2.35. The number of hydrogen-bond donors (Lipinski definition) is 4. The Morgan fingerprint density at radius 3 is 2.02 bits per heavy atom. The highest BCUT2D eigenvalue weighted by molar-refractivity contribution is 6.30. The van der Waals surface area contributed by atoms with Crippen molar-refractivity contribution in [2.24, 2.45) is 0 Å². The van der Waals surface area contributed by atoms with Crippen molar-refractivity contribution in [3.63, 3.8) is 0 Å². The van der Waals surface area contributed by atoms with E-state index in [9.17, 15) is 20.1 Å². The molecule has 2 heterocycles. The van der Waals surface area contributed by atoms with Gasteiger partial charge >= 0.3 is 6.09 Å². The molecule has 0 spiro atoms. The van der Waals surface area contributed by atoms with Crippen LogP contribution in [0.1, 0.15) is 50.3 Å². The summed E-state index contributed by atoms with van der Waals surface area (Å²) in [5.41, 5.74) is -0.407. The Bertz CT molecular complexity index is 1350. The monoisotopic (exact) mass is 644 g/mol. The van der Waals surface area contributed by atoms with Crippen molar-refractivity contribution in [1.29, 1.82) is 0 Å². The highest BCUT2D eigenvalue weighted by atomic mass is 35.5. The number of hydrogen-bond acceptors (Lipinski definition) is 7. The third-order valence-electron chi connectivity index (χ3n) is 7.89. The van der Waals surface area contributed by atoms with Gasteiger partial charge in [-0.05, 0) is 74.7 Å². The third-order valence-corrected chi connectivity index (χ3v) is 8.39. The number of nitrogens with one attached hydrogen (secondary N) is 1. The molecule has 0 aromatic heterocycles. The van der Waals surface area contributed by atoms with Gasteiger partial charge in [0.1, 0.15) is 29.0 Å². The van der Waals surface area contributed by atoms with Crippen LogP contribution in [0.3, 0.4) is 0 Å². The summed E-state index contributed by atoms with van der Waals surface area (Å²) < 4.78 is 11.3. The highest BCUT2D eigenvalue weighted by Gasteiger charge is 2.44. The first-order valence-corrected chi connectivity index (χ1v) is 15.5. The van der Waals surface area contributed by atoms with Crippen molar-refractivity contribution in [3.05, 3.63) is 106 Å².